The monoisotopic (exact) mass is 357 g/mol. The average molecular weight is 357 g/mol. The van der Waals surface area contributed by atoms with Crippen molar-refractivity contribution in [1.29, 1.82) is 0 Å². The lowest BCUT2D eigenvalue weighted by atomic mass is 9.93. The molecule has 2 aromatic rings. The Kier molecular flexibility index (Phi) is 4.36. The van der Waals surface area contributed by atoms with Gasteiger partial charge in [0.2, 0.25) is 0 Å². The quantitative estimate of drug-likeness (QED) is 0.851. The number of benzene rings is 2. The summed E-state index contributed by atoms with van der Waals surface area (Å²) in [6.45, 7) is 5.90. The maximum Gasteiger partial charge on any atom is 0.133 e. The molecule has 1 saturated carbocycles. The lowest BCUT2D eigenvalue weighted by Crippen LogP contribution is -2.47. The third-order valence-corrected chi connectivity index (χ3v) is 6.15. The lowest BCUT2D eigenvalue weighted by molar-refractivity contribution is -0.102. The highest BCUT2D eigenvalue weighted by molar-refractivity contribution is 5.70. The Morgan fingerprint density at radius 2 is 1.77 bits per heavy atom. The molecule has 26 heavy (non-hydrogen) atoms. The molecule has 2 unspecified atom stereocenters. The van der Waals surface area contributed by atoms with E-state index in [1.807, 2.05) is 25.1 Å². The second-order valence-electron chi connectivity index (χ2n) is 8.07. The highest BCUT2D eigenvalue weighted by atomic mass is 19.1. The van der Waals surface area contributed by atoms with Gasteiger partial charge >= 0.3 is 0 Å². The highest BCUT2D eigenvalue weighted by Crippen LogP contribution is 2.56. The number of nitrogens with zero attached hydrogens (tertiary/aromatic N) is 1. The van der Waals surface area contributed by atoms with E-state index in [-0.39, 0.29) is 17.4 Å². The van der Waals surface area contributed by atoms with E-state index in [1.54, 1.807) is 6.07 Å². The van der Waals surface area contributed by atoms with E-state index in [1.165, 1.54) is 18.2 Å². The van der Waals surface area contributed by atoms with Gasteiger partial charge < -0.3 is 5.11 Å². The van der Waals surface area contributed by atoms with Crippen molar-refractivity contribution in [3.8, 4) is 11.1 Å². The van der Waals surface area contributed by atoms with Gasteiger partial charge in [0.25, 0.3) is 0 Å². The fraction of sp³-hybridized carbons (Fsp3) is 0.455. The fourth-order valence-corrected chi connectivity index (χ4v) is 4.53. The van der Waals surface area contributed by atoms with Gasteiger partial charge in [0.1, 0.15) is 17.4 Å². The zero-order valence-electron chi connectivity index (χ0n) is 15.3. The van der Waals surface area contributed by atoms with Crippen molar-refractivity contribution in [3.63, 3.8) is 0 Å². The molecule has 1 N–H and O–H groups in total. The molecule has 2 aliphatic rings. The number of hydrogen-bond donors (Lipinski definition) is 1. The van der Waals surface area contributed by atoms with Crippen LogP contribution in [0, 0.1) is 23.5 Å². The van der Waals surface area contributed by atoms with Gasteiger partial charge in [-0.1, -0.05) is 37.3 Å². The molecule has 0 radical (unpaired) electrons. The predicted octanol–water partition coefficient (Wildman–Crippen LogP) is 4.79. The minimum absolute atomic E-state index is 0.0307. The summed E-state index contributed by atoms with van der Waals surface area (Å²) in [5, 5.41) is 11.2. The summed E-state index contributed by atoms with van der Waals surface area (Å²) in [6, 6.07) is 11.4. The Morgan fingerprint density at radius 3 is 2.42 bits per heavy atom. The average Bonchev–Trinajstić information content (AvgIpc) is 3.29. The minimum atomic E-state index is -0.879. The molecule has 1 saturated heterocycles. The first kappa shape index (κ1) is 17.6. The Balaban J connectivity index is 1.65. The third kappa shape index (κ3) is 2.95. The second-order valence-corrected chi connectivity index (χ2v) is 8.07. The molecule has 1 aliphatic carbocycles. The van der Waals surface area contributed by atoms with Crippen molar-refractivity contribution in [1.82, 2.24) is 4.90 Å². The molecule has 0 spiro atoms. The van der Waals surface area contributed by atoms with Crippen LogP contribution in [-0.2, 0) is 0 Å². The second kappa shape index (κ2) is 6.43. The molecule has 1 heterocycles. The molecule has 138 valence electrons. The topological polar surface area (TPSA) is 23.5 Å². The molecule has 0 bridgehead atoms. The SMILES string of the molecule is CC1CCN(C(C)(O)[C@@H]2C[C@H]2c2ccccc2-c2c(F)cccc2F)C1. The van der Waals surface area contributed by atoms with E-state index in [2.05, 4.69) is 11.8 Å². The summed E-state index contributed by atoms with van der Waals surface area (Å²) in [6.07, 6.45) is 1.94. The highest BCUT2D eigenvalue weighted by Gasteiger charge is 2.54. The smallest absolute Gasteiger partial charge is 0.133 e. The summed E-state index contributed by atoms with van der Waals surface area (Å²) in [5.41, 5.74) is 0.675. The first-order valence-corrected chi connectivity index (χ1v) is 9.40. The van der Waals surface area contributed by atoms with Crippen molar-refractivity contribution < 1.29 is 13.9 Å². The molecular weight excluding hydrogens is 332 g/mol. The molecule has 2 nitrogen and oxygen atoms in total. The van der Waals surface area contributed by atoms with E-state index < -0.39 is 17.4 Å². The van der Waals surface area contributed by atoms with Gasteiger partial charge in [0.15, 0.2) is 0 Å². The Morgan fingerprint density at radius 1 is 1.08 bits per heavy atom. The molecule has 2 fully saturated rings. The molecule has 4 heteroatoms. The van der Waals surface area contributed by atoms with Gasteiger partial charge in [-0.25, -0.2) is 8.78 Å². The van der Waals surface area contributed by atoms with Crippen LogP contribution in [0.2, 0.25) is 0 Å². The van der Waals surface area contributed by atoms with Crippen molar-refractivity contribution in [2.75, 3.05) is 13.1 Å². The zero-order chi connectivity index (χ0) is 18.5. The van der Waals surface area contributed by atoms with Crippen LogP contribution < -0.4 is 0 Å². The number of aliphatic hydroxyl groups is 1. The molecule has 0 aromatic heterocycles. The number of likely N-dealkylation sites (tertiary alicyclic amines) is 1. The van der Waals surface area contributed by atoms with Crippen molar-refractivity contribution in [3.05, 3.63) is 59.7 Å². The van der Waals surface area contributed by atoms with E-state index in [9.17, 15) is 13.9 Å². The van der Waals surface area contributed by atoms with E-state index in [0.717, 1.165) is 31.5 Å². The number of halogens is 2. The molecule has 0 amide bonds. The molecular formula is C22H25F2NO. The zero-order valence-corrected chi connectivity index (χ0v) is 15.3. The summed E-state index contributed by atoms with van der Waals surface area (Å²) in [7, 11) is 0. The largest absolute Gasteiger partial charge is 0.376 e. The van der Waals surface area contributed by atoms with Crippen molar-refractivity contribution in [2.45, 2.75) is 38.3 Å². The normalized spacial score (nSPS) is 28.1. The first-order valence-electron chi connectivity index (χ1n) is 9.40. The van der Waals surface area contributed by atoms with Crippen LogP contribution in [-0.4, -0.2) is 28.8 Å². The molecule has 1 aliphatic heterocycles. The van der Waals surface area contributed by atoms with Crippen molar-refractivity contribution in [2.24, 2.45) is 11.8 Å². The summed E-state index contributed by atoms with van der Waals surface area (Å²) in [5.74, 6) is -0.289. The van der Waals surface area contributed by atoms with Gasteiger partial charge in [-0.15, -0.1) is 0 Å². The van der Waals surface area contributed by atoms with E-state index in [0.29, 0.717) is 11.5 Å². The van der Waals surface area contributed by atoms with Crippen LogP contribution in [0.15, 0.2) is 42.5 Å². The fourth-order valence-electron chi connectivity index (χ4n) is 4.53. The molecule has 4 atom stereocenters. The van der Waals surface area contributed by atoms with Gasteiger partial charge in [0, 0.05) is 19.0 Å². The van der Waals surface area contributed by atoms with E-state index >= 15 is 0 Å². The Labute approximate surface area is 153 Å². The van der Waals surface area contributed by atoms with Gasteiger partial charge in [0.05, 0.1) is 5.56 Å². The Hall–Kier alpha value is -1.78. The van der Waals surface area contributed by atoms with Crippen LogP contribution in [0.3, 0.4) is 0 Å². The lowest BCUT2D eigenvalue weighted by Gasteiger charge is -2.35. The number of hydrogen-bond acceptors (Lipinski definition) is 2. The number of rotatable bonds is 4. The van der Waals surface area contributed by atoms with Crippen molar-refractivity contribution >= 4 is 0 Å². The standard InChI is InChI=1S/C22H25F2NO/c1-14-10-11-25(13-14)22(2,26)18-12-17(18)15-6-3-4-7-16(15)21-19(23)8-5-9-20(21)24/h3-9,14,17-18,26H,10-13H2,1-2H3/t14?,17-,18+,22?/m0/s1. The van der Waals surface area contributed by atoms with Gasteiger partial charge in [-0.05, 0) is 54.9 Å². The minimum Gasteiger partial charge on any atom is -0.376 e. The van der Waals surface area contributed by atoms with Crippen LogP contribution in [0.5, 0.6) is 0 Å². The summed E-state index contributed by atoms with van der Waals surface area (Å²) in [4.78, 5) is 2.16. The third-order valence-electron chi connectivity index (χ3n) is 6.15. The van der Waals surface area contributed by atoms with Crippen LogP contribution in [0.1, 0.15) is 38.2 Å². The Bertz CT molecular complexity index is 799. The molecule has 2 aromatic carbocycles. The van der Waals surface area contributed by atoms with Gasteiger partial charge in [-0.3, -0.25) is 4.90 Å². The first-order chi connectivity index (χ1) is 12.4. The maximum absolute atomic E-state index is 14.3. The van der Waals surface area contributed by atoms with Crippen LogP contribution in [0.4, 0.5) is 8.78 Å². The maximum atomic E-state index is 14.3. The molecule has 4 rings (SSSR count). The van der Waals surface area contributed by atoms with Gasteiger partial charge in [-0.2, -0.15) is 0 Å². The van der Waals surface area contributed by atoms with Crippen LogP contribution >= 0.6 is 0 Å². The van der Waals surface area contributed by atoms with Crippen LogP contribution in [0.25, 0.3) is 11.1 Å². The summed E-state index contributed by atoms with van der Waals surface area (Å²) >= 11 is 0. The summed E-state index contributed by atoms with van der Waals surface area (Å²) < 4.78 is 28.6. The predicted molar refractivity (Wildman–Crippen MR) is 98.6 cm³/mol. The van der Waals surface area contributed by atoms with E-state index in [4.69, 9.17) is 0 Å².